The molecular weight excluding hydrogens is 326 g/mol. The second kappa shape index (κ2) is 6.13. The molecule has 104 valence electrons. The van der Waals surface area contributed by atoms with E-state index in [2.05, 4.69) is 21.2 Å². The number of benzene rings is 1. The van der Waals surface area contributed by atoms with Crippen LogP contribution < -0.4 is 5.32 Å². The lowest BCUT2D eigenvalue weighted by Crippen LogP contribution is -2.33. The van der Waals surface area contributed by atoms with Gasteiger partial charge in [0.1, 0.15) is 0 Å². The lowest BCUT2D eigenvalue weighted by Gasteiger charge is -2.33. The molecule has 1 aliphatic carbocycles. The first kappa shape index (κ1) is 13.9. The number of hydrogen-bond donors (Lipinski definition) is 1. The summed E-state index contributed by atoms with van der Waals surface area (Å²) < 4.78 is 7.13. The maximum atomic E-state index is 6.13. The highest BCUT2D eigenvalue weighted by Crippen LogP contribution is 2.38. The van der Waals surface area contributed by atoms with E-state index in [0.29, 0.717) is 5.92 Å². The molecule has 0 radical (unpaired) electrons. The van der Waals surface area contributed by atoms with Crippen molar-refractivity contribution in [2.45, 2.75) is 37.8 Å². The van der Waals surface area contributed by atoms with Crippen LogP contribution in [0.3, 0.4) is 0 Å². The van der Waals surface area contributed by atoms with Crippen LogP contribution in [0.25, 0.3) is 0 Å². The molecule has 2 nitrogen and oxygen atoms in total. The van der Waals surface area contributed by atoms with Crippen molar-refractivity contribution < 1.29 is 4.74 Å². The molecule has 2 aliphatic rings. The van der Waals surface area contributed by atoms with E-state index in [-0.39, 0.29) is 6.10 Å². The summed E-state index contributed by atoms with van der Waals surface area (Å²) in [6.45, 7) is 1.90. The molecule has 1 N–H and O–H groups in total. The van der Waals surface area contributed by atoms with Gasteiger partial charge in [0.15, 0.2) is 0 Å². The monoisotopic (exact) mass is 343 g/mol. The molecule has 0 bridgehead atoms. The molecule has 1 aromatic carbocycles. The number of halogens is 2. The van der Waals surface area contributed by atoms with Gasteiger partial charge in [0, 0.05) is 34.6 Å². The molecule has 2 unspecified atom stereocenters. The summed E-state index contributed by atoms with van der Waals surface area (Å²) in [5, 5.41) is 4.41. The molecule has 1 saturated carbocycles. The fraction of sp³-hybridized carbons (Fsp3) is 0.600. The van der Waals surface area contributed by atoms with E-state index in [4.69, 9.17) is 16.3 Å². The van der Waals surface area contributed by atoms with Crippen molar-refractivity contribution in [2.24, 2.45) is 5.92 Å². The maximum absolute atomic E-state index is 6.13. The number of hydrogen-bond acceptors (Lipinski definition) is 2. The Kier molecular flexibility index (Phi) is 4.47. The summed E-state index contributed by atoms with van der Waals surface area (Å²) in [5.74, 6) is 0.545. The minimum Gasteiger partial charge on any atom is -0.373 e. The fourth-order valence-corrected chi connectivity index (χ4v) is 3.39. The van der Waals surface area contributed by atoms with E-state index in [0.717, 1.165) is 35.1 Å². The Hall–Kier alpha value is -0.0900. The van der Waals surface area contributed by atoms with Crippen LogP contribution in [0.2, 0.25) is 5.02 Å². The topological polar surface area (TPSA) is 21.3 Å². The van der Waals surface area contributed by atoms with Crippen molar-refractivity contribution in [1.29, 1.82) is 0 Å². The van der Waals surface area contributed by atoms with Gasteiger partial charge in [-0.15, -0.1) is 0 Å². The van der Waals surface area contributed by atoms with Gasteiger partial charge in [-0.3, -0.25) is 0 Å². The van der Waals surface area contributed by atoms with Crippen LogP contribution in [0.15, 0.2) is 22.7 Å². The molecule has 1 aliphatic heterocycles. The molecule has 19 heavy (non-hydrogen) atoms. The van der Waals surface area contributed by atoms with E-state index < -0.39 is 0 Å². The fourth-order valence-electron chi connectivity index (χ4n) is 2.73. The molecule has 0 amide bonds. The van der Waals surface area contributed by atoms with Crippen LogP contribution in [0.4, 0.5) is 0 Å². The Bertz CT molecular complexity index is 450. The van der Waals surface area contributed by atoms with E-state index in [1.54, 1.807) is 0 Å². The van der Waals surface area contributed by atoms with Crippen molar-refractivity contribution in [2.75, 3.05) is 13.2 Å². The quantitative estimate of drug-likeness (QED) is 0.878. The van der Waals surface area contributed by atoms with Crippen molar-refractivity contribution in [3.63, 3.8) is 0 Å². The van der Waals surface area contributed by atoms with Crippen LogP contribution in [-0.4, -0.2) is 19.2 Å². The zero-order chi connectivity index (χ0) is 13.2. The highest BCUT2D eigenvalue weighted by molar-refractivity contribution is 9.10. The van der Waals surface area contributed by atoms with Crippen molar-refractivity contribution >= 4 is 27.5 Å². The van der Waals surface area contributed by atoms with Crippen LogP contribution in [0.5, 0.6) is 0 Å². The molecule has 1 heterocycles. The molecule has 2 fully saturated rings. The first-order chi connectivity index (χ1) is 9.24. The second-order valence-electron chi connectivity index (χ2n) is 5.54. The number of nitrogens with one attached hydrogen (secondary N) is 1. The Morgan fingerprint density at radius 2 is 2.16 bits per heavy atom. The third-order valence-electron chi connectivity index (χ3n) is 3.96. The van der Waals surface area contributed by atoms with Gasteiger partial charge >= 0.3 is 0 Å². The SMILES string of the molecule is Clc1ccc(Br)c(C2OCCCC2CNC2CC2)c1. The molecule has 3 rings (SSSR count). The zero-order valence-electron chi connectivity index (χ0n) is 10.9. The highest BCUT2D eigenvalue weighted by atomic mass is 79.9. The normalized spacial score (nSPS) is 27.5. The van der Waals surface area contributed by atoms with Gasteiger partial charge in [0.2, 0.25) is 0 Å². The van der Waals surface area contributed by atoms with E-state index in [1.807, 2.05) is 18.2 Å². The van der Waals surface area contributed by atoms with Crippen LogP contribution in [-0.2, 0) is 4.74 Å². The minimum atomic E-state index is 0.160. The predicted molar refractivity (Wildman–Crippen MR) is 81.6 cm³/mol. The van der Waals surface area contributed by atoms with Crippen LogP contribution >= 0.6 is 27.5 Å². The van der Waals surface area contributed by atoms with Crippen molar-refractivity contribution in [3.05, 3.63) is 33.3 Å². The molecule has 0 aromatic heterocycles. The van der Waals surface area contributed by atoms with E-state index >= 15 is 0 Å². The second-order valence-corrected chi connectivity index (χ2v) is 6.83. The molecule has 4 heteroatoms. The average molecular weight is 345 g/mol. The third kappa shape index (κ3) is 3.52. The molecular formula is C15H19BrClNO. The van der Waals surface area contributed by atoms with Crippen molar-refractivity contribution in [3.8, 4) is 0 Å². The van der Waals surface area contributed by atoms with Gasteiger partial charge < -0.3 is 10.1 Å². The summed E-state index contributed by atoms with van der Waals surface area (Å²) in [6, 6.07) is 6.72. The van der Waals surface area contributed by atoms with Crippen LogP contribution in [0, 0.1) is 5.92 Å². The zero-order valence-corrected chi connectivity index (χ0v) is 13.2. The molecule has 1 saturated heterocycles. The first-order valence-electron chi connectivity index (χ1n) is 7.04. The standard InChI is InChI=1S/C15H19BrClNO/c16-14-6-3-11(17)8-13(14)15-10(2-1-7-19-15)9-18-12-4-5-12/h3,6,8,10,12,15,18H,1-2,4-5,7,9H2. The van der Waals surface area contributed by atoms with Crippen LogP contribution in [0.1, 0.15) is 37.4 Å². The summed E-state index contributed by atoms with van der Waals surface area (Å²) in [6.07, 6.45) is 5.21. The number of rotatable bonds is 4. The lowest BCUT2D eigenvalue weighted by molar-refractivity contribution is -0.0282. The summed E-state index contributed by atoms with van der Waals surface area (Å²) in [4.78, 5) is 0. The third-order valence-corrected chi connectivity index (χ3v) is 4.91. The van der Waals surface area contributed by atoms with Gasteiger partial charge in [-0.2, -0.15) is 0 Å². The average Bonchev–Trinajstić information content (AvgIpc) is 3.24. The van der Waals surface area contributed by atoms with Crippen molar-refractivity contribution in [1.82, 2.24) is 5.32 Å². The highest BCUT2D eigenvalue weighted by Gasteiger charge is 2.30. The van der Waals surface area contributed by atoms with Gasteiger partial charge in [-0.25, -0.2) is 0 Å². The summed E-state index contributed by atoms with van der Waals surface area (Å²) in [5.41, 5.74) is 1.19. The lowest BCUT2D eigenvalue weighted by atomic mass is 9.89. The number of ether oxygens (including phenoxy) is 1. The Morgan fingerprint density at radius 3 is 2.95 bits per heavy atom. The smallest absolute Gasteiger partial charge is 0.0876 e. The Balaban J connectivity index is 1.75. The van der Waals surface area contributed by atoms with Gasteiger partial charge in [-0.1, -0.05) is 27.5 Å². The van der Waals surface area contributed by atoms with E-state index in [1.165, 1.54) is 24.8 Å². The summed E-state index contributed by atoms with van der Waals surface area (Å²) >= 11 is 9.76. The first-order valence-corrected chi connectivity index (χ1v) is 8.21. The van der Waals surface area contributed by atoms with Gasteiger partial charge in [-0.05, 0) is 49.4 Å². The van der Waals surface area contributed by atoms with Gasteiger partial charge in [0.05, 0.1) is 6.10 Å². The largest absolute Gasteiger partial charge is 0.373 e. The molecule has 0 spiro atoms. The predicted octanol–water partition coefficient (Wildman–Crippen LogP) is 4.32. The minimum absolute atomic E-state index is 0.160. The Labute approximate surface area is 128 Å². The maximum Gasteiger partial charge on any atom is 0.0876 e. The Morgan fingerprint density at radius 1 is 1.32 bits per heavy atom. The molecule has 1 aromatic rings. The molecule has 2 atom stereocenters. The van der Waals surface area contributed by atoms with E-state index in [9.17, 15) is 0 Å². The van der Waals surface area contributed by atoms with Gasteiger partial charge in [0.25, 0.3) is 0 Å². The summed E-state index contributed by atoms with van der Waals surface area (Å²) in [7, 11) is 0.